The van der Waals surface area contributed by atoms with Crippen molar-refractivity contribution in [3.63, 3.8) is 0 Å². The third kappa shape index (κ3) is 4.88. The summed E-state index contributed by atoms with van der Waals surface area (Å²) in [5.41, 5.74) is -0.982. The van der Waals surface area contributed by atoms with Gasteiger partial charge in [-0.1, -0.05) is 13.8 Å². The minimum atomic E-state index is -4.41. The van der Waals surface area contributed by atoms with Gasteiger partial charge in [-0.05, 0) is 24.0 Å². The van der Waals surface area contributed by atoms with Crippen molar-refractivity contribution in [3.05, 3.63) is 17.7 Å². The second-order valence-corrected chi connectivity index (χ2v) is 5.37. The molecule has 0 amide bonds. The maximum absolute atomic E-state index is 12.8. The summed E-state index contributed by atoms with van der Waals surface area (Å²) in [5, 5.41) is 14.4. The van der Waals surface area contributed by atoms with Crippen molar-refractivity contribution in [2.24, 2.45) is 5.41 Å². The van der Waals surface area contributed by atoms with Gasteiger partial charge in [0.05, 0.1) is 5.56 Å². The van der Waals surface area contributed by atoms with E-state index in [2.05, 4.69) is 15.6 Å². The molecule has 1 heterocycles. The molecule has 114 valence electrons. The van der Waals surface area contributed by atoms with E-state index in [1.807, 2.05) is 13.8 Å². The Balaban J connectivity index is 2.90. The smallest absolute Gasteiger partial charge is 0.396 e. The third-order valence-electron chi connectivity index (χ3n) is 2.95. The van der Waals surface area contributed by atoms with Gasteiger partial charge in [0.2, 0.25) is 0 Å². The van der Waals surface area contributed by atoms with E-state index in [1.165, 1.54) is 7.05 Å². The first-order valence-corrected chi connectivity index (χ1v) is 6.30. The van der Waals surface area contributed by atoms with Crippen molar-refractivity contribution in [2.45, 2.75) is 26.4 Å². The highest BCUT2D eigenvalue weighted by Gasteiger charge is 2.31. The minimum Gasteiger partial charge on any atom is -0.396 e. The second kappa shape index (κ2) is 6.30. The maximum atomic E-state index is 12.8. The van der Waals surface area contributed by atoms with Crippen molar-refractivity contribution in [3.8, 4) is 0 Å². The lowest BCUT2D eigenvalue weighted by atomic mass is 9.90. The Morgan fingerprint density at radius 2 is 1.80 bits per heavy atom. The summed E-state index contributed by atoms with van der Waals surface area (Å²) in [6.45, 7) is 4.29. The van der Waals surface area contributed by atoms with Crippen LogP contribution in [-0.2, 0) is 6.18 Å². The predicted octanol–water partition coefficient (Wildman–Crippen LogP) is 2.96. The first-order chi connectivity index (χ1) is 9.18. The number of nitrogens with one attached hydrogen (secondary N) is 2. The van der Waals surface area contributed by atoms with Crippen LogP contribution in [0, 0.1) is 5.41 Å². The summed E-state index contributed by atoms with van der Waals surface area (Å²) in [6, 6.07) is 1.94. The Morgan fingerprint density at radius 1 is 1.20 bits per heavy atom. The minimum absolute atomic E-state index is 0.0342. The number of hydrogen-bond acceptors (Lipinski definition) is 4. The Kier molecular flexibility index (Phi) is 5.21. The molecule has 20 heavy (non-hydrogen) atoms. The molecule has 3 N–H and O–H groups in total. The van der Waals surface area contributed by atoms with Crippen LogP contribution < -0.4 is 10.6 Å². The van der Waals surface area contributed by atoms with Gasteiger partial charge >= 0.3 is 6.18 Å². The summed E-state index contributed by atoms with van der Waals surface area (Å²) in [7, 11) is 1.52. The van der Waals surface area contributed by atoms with Gasteiger partial charge in [0.25, 0.3) is 0 Å². The maximum Gasteiger partial charge on any atom is 0.416 e. The fraction of sp³-hybridized carbons (Fsp3) is 0.615. The summed E-state index contributed by atoms with van der Waals surface area (Å²) in [4.78, 5) is 4.04. The summed E-state index contributed by atoms with van der Waals surface area (Å²) >= 11 is 0. The molecule has 0 unspecified atom stereocenters. The zero-order chi connectivity index (χ0) is 15.4. The summed E-state index contributed by atoms with van der Waals surface area (Å²) in [6.07, 6.45) is -3.86. The molecule has 4 nitrogen and oxygen atoms in total. The van der Waals surface area contributed by atoms with Gasteiger partial charge in [-0.15, -0.1) is 0 Å². The SMILES string of the molecule is CNc1cc(C(F)(F)F)cc(NCC(C)(C)CCO)n1. The molecule has 0 aliphatic rings. The fourth-order valence-corrected chi connectivity index (χ4v) is 1.63. The van der Waals surface area contributed by atoms with Crippen molar-refractivity contribution < 1.29 is 18.3 Å². The average Bonchev–Trinajstić information content (AvgIpc) is 2.35. The van der Waals surface area contributed by atoms with Crippen molar-refractivity contribution in [1.82, 2.24) is 4.98 Å². The van der Waals surface area contributed by atoms with Crippen molar-refractivity contribution >= 4 is 11.6 Å². The Labute approximate surface area is 116 Å². The van der Waals surface area contributed by atoms with Gasteiger partial charge in [-0.25, -0.2) is 4.98 Å². The quantitative estimate of drug-likeness (QED) is 0.754. The van der Waals surface area contributed by atoms with E-state index in [0.717, 1.165) is 12.1 Å². The molecule has 0 radical (unpaired) electrons. The molecule has 0 saturated carbocycles. The number of aliphatic hydroxyl groups excluding tert-OH is 1. The number of anilines is 2. The van der Waals surface area contributed by atoms with Gasteiger partial charge in [-0.3, -0.25) is 0 Å². The fourth-order valence-electron chi connectivity index (χ4n) is 1.63. The topological polar surface area (TPSA) is 57.2 Å². The third-order valence-corrected chi connectivity index (χ3v) is 2.95. The van der Waals surface area contributed by atoms with Crippen LogP contribution in [0.15, 0.2) is 12.1 Å². The number of nitrogens with zero attached hydrogens (tertiary/aromatic N) is 1. The molecule has 0 aromatic carbocycles. The van der Waals surface area contributed by atoms with E-state index < -0.39 is 11.7 Å². The van der Waals surface area contributed by atoms with Crippen LogP contribution in [0.2, 0.25) is 0 Å². The molecular formula is C13H20F3N3O. The number of alkyl halides is 3. The van der Waals surface area contributed by atoms with Crippen LogP contribution in [-0.4, -0.2) is 30.3 Å². The molecule has 0 aliphatic heterocycles. The van der Waals surface area contributed by atoms with E-state index in [4.69, 9.17) is 5.11 Å². The van der Waals surface area contributed by atoms with Crippen LogP contribution in [0.4, 0.5) is 24.8 Å². The Bertz CT molecular complexity index is 447. The molecule has 0 spiro atoms. The zero-order valence-electron chi connectivity index (χ0n) is 11.8. The number of aliphatic hydroxyl groups is 1. The lowest BCUT2D eigenvalue weighted by molar-refractivity contribution is -0.137. The highest BCUT2D eigenvalue weighted by atomic mass is 19.4. The van der Waals surface area contributed by atoms with E-state index in [-0.39, 0.29) is 23.7 Å². The molecular weight excluding hydrogens is 271 g/mol. The standard InChI is InChI=1S/C13H20F3N3O/c1-12(2,4-5-20)8-18-11-7-9(13(14,15)16)6-10(17-3)19-11/h6-7,20H,4-5,8H2,1-3H3,(H2,17,18,19). The summed E-state index contributed by atoms with van der Waals surface area (Å²) < 4.78 is 38.3. The van der Waals surface area contributed by atoms with Crippen LogP contribution in [0.1, 0.15) is 25.8 Å². The van der Waals surface area contributed by atoms with Gasteiger partial charge < -0.3 is 15.7 Å². The van der Waals surface area contributed by atoms with E-state index in [9.17, 15) is 13.2 Å². The lowest BCUT2D eigenvalue weighted by Crippen LogP contribution is -2.25. The van der Waals surface area contributed by atoms with Gasteiger partial charge in [0, 0.05) is 20.2 Å². The molecule has 0 fully saturated rings. The lowest BCUT2D eigenvalue weighted by Gasteiger charge is -2.24. The molecule has 1 rings (SSSR count). The van der Waals surface area contributed by atoms with Crippen LogP contribution in [0.3, 0.4) is 0 Å². The number of pyridine rings is 1. The average molecular weight is 291 g/mol. The van der Waals surface area contributed by atoms with Crippen LogP contribution in [0.25, 0.3) is 0 Å². The Hall–Kier alpha value is -1.50. The molecule has 0 saturated heterocycles. The molecule has 0 bridgehead atoms. The van der Waals surface area contributed by atoms with Crippen molar-refractivity contribution in [1.29, 1.82) is 0 Å². The molecule has 1 aromatic rings. The highest BCUT2D eigenvalue weighted by molar-refractivity contribution is 5.49. The van der Waals surface area contributed by atoms with Crippen molar-refractivity contribution in [2.75, 3.05) is 30.8 Å². The zero-order valence-corrected chi connectivity index (χ0v) is 11.8. The monoisotopic (exact) mass is 291 g/mol. The first-order valence-electron chi connectivity index (χ1n) is 6.30. The highest BCUT2D eigenvalue weighted by Crippen LogP contribution is 2.32. The molecule has 1 aromatic heterocycles. The normalized spacial score (nSPS) is 12.3. The van der Waals surface area contributed by atoms with E-state index in [1.54, 1.807) is 0 Å². The molecule has 7 heteroatoms. The van der Waals surface area contributed by atoms with Gasteiger partial charge in [0.15, 0.2) is 0 Å². The molecule has 0 aliphatic carbocycles. The van der Waals surface area contributed by atoms with Crippen LogP contribution in [0.5, 0.6) is 0 Å². The van der Waals surface area contributed by atoms with Crippen LogP contribution >= 0.6 is 0 Å². The predicted molar refractivity (Wildman–Crippen MR) is 72.8 cm³/mol. The molecule has 0 atom stereocenters. The van der Waals surface area contributed by atoms with Gasteiger partial charge in [-0.2, -0.15) is 13.2 Å². The van der Waals surface area contributed by atoms with Gasteiger partial charge in [0.1, 0.15) is 11.6 Å². The largest absolute Gasteiger partial charge is 0.416 e. The number of hydrogen-bond donors (Lipinski definition) is 3. The Morgan fingerprint density at radius 3 is 2.30 bits per heavy atom. The first kappa shape index (κ1) is 16.6. The number of aromatic nitrogens is 1. The van der Waals surface area contributed by atoms with E-state index in [0.29, 0.717) is 13.0 Å². The van der Waals surface area contributed by atoms with E-state index >= 15 is 0 Å². The summed E-state index contributed by atoms with van der Waals surface area (Å²) in [5.74, 6) is 0.317. The number of rotatable bonds is 6. The number of halogens is 3. The second-order valence-electron chi connectivity index (χ2n) is 5.37.